The summed E-state index contributed by atoms with van der Waals surface area (Å²) in [6, 6.07) is 11.1. The number of carbonyl (C=O) groups is 1. The van der Waals surface area contributed by atoms with Gasteiger partial charge in [-0.15, -0.1) is 11.3 Å². The van der Waals surface area contributed by atoms with Crippen LogP contribution in [0.15, 0.2) is 53.2 Å². The minimum atomic E-state index is -0.178. The Kier molecular flexibility index (Phi) is 5.13. The van der Waals surface area contributed by atoms with Gasteiger partial charge in [-0.05, 0) is 36.8 Å². The first-order valence-corrected chi connectivity index (χ1v) is 8.53. The summed E-state index contributed by atoms with van der Waals surface area (Å²) in [5, 5.41) is 4.29. The first-order chi connectivity index (χ1) is 11.6. The summed E-state index contributed by atoms with van der Waals surface area (Å²) in [6.45, 7) is 2.35. The van der Waals surface area contributed by atoms with E-state index >= 15 is 0 Å². The highest BCUT2D eigenvalue weighted by Gasteiger charge is 2.11. The molecule has 122 valence electrons. The van der Waals surface area contributed by atoms with Gasteiger partial charge in [0.05, 0.1) is 18.5 Å². The first-order valence-electron chi connectivity index (χ1n) is 7.34. The highest BCUT2D eigenvalue weighted by Crippen LogP contribution is 2.28. The summed E-state index contributed by atoms with van der Waals surface area (Å²) in [7, 11) is 0. The molecule has 2 heterocycles. The van der Waals surface area contributed by atoms with E-state index in [2.05, 4.69) is 10.3 Å². The number of nitrogens with one attached hydrogen (secondary N) is 1. The van der Waals surface area contributed by atoms with Crippen molar-refractivity contribution in [2.45, 2.75) is 13.5 Å². The van der Waals surface area contributed by atoms with Crippen LogP contribution in [0.4, 0.5) is 0 Å². The number of carbonyl (C=O) groups excluding carboxylic acids is 1. The number of aryl methyl sites for hydroxylation is 1. The lowest BCUT2D eigenvalue weighted by Gasteiger charge is -2.00. The van der Waals surface area contributed by atoms with Crippen molar-refractivity contribution < 1.29 is 9.21 Å². The summed E-state index contributed by atoms with van der Waals surface area (Å²) in [4.78, 5) is 17.4. The Hall–Kier alpha value is -2.37. The van der Waals surface area contributed by atoms with Gasteiger partial charge in [-0.25, -0.2) is 4.98 Å². The van der Waals surface area contributed by atoms with Crippen LogP contribution in [-0.4, -0.2) is 10.9 Å². The molecular formula is C18H15ClN2O2S. The molecule has 1 amide bonds. The molecule has 0 aliphatic rings. The number of aromatic nitrogens is 1. The lowest BCUT2D eigenvalue weighted by molar-refractivity contribution is -0.116. The van der Waals surface area contributed by atoms with Crippen LogP contribution in [0.1, 0.15) is 16.1 Å². The molecule has 0 unspecified atom stereocenters. The van der Waals surface area contributed by atoms with E-state index in [-0.39, 0.29) is 5.91 Å². The molecule has 2 aromatic heterocycles. The van der Waals surface area contributed by atoms with Crippen LogP contribution >= 0.6 is 22.9 Å². The van der Waals surface area contributed by atoms with Gasteiger partial charge < -0.3 is 9.73 Å². The highest BCUT2D eigenvalue weighted by molar-refractivity contribution is 7.15. The number of hydrogen-bond donors (Lipinski definition) is 1. The van der Waals surface area contributed by atoms with Gasteiger partial charge in [-0.3, -0.25) is 4.79 Å². The summed E-state index contributed by atoms with van der Waals surface area (Å²) in [5.41, 5.74) is 1.70. The van der Waals surface area contributed by atoms with Crippen LogP contribution in [-0.2, 0) is 11.3 Å². The molecular weight excluding hydrogens is 344 g/mol. The number of benzene rings is 1. The second kappa shape index (κ2) is 7.47. The molecule has 0 fully saturated rings. The molecule has 0 aliphatic heterocycles. The lowest BCUT2D eigenvalue weighted by atomic mass is 10.2. The Labute approximate surface area is 148 Å². The second-order valence-corrected chi connectivity index (χ2v) is 6.57. The predicted octanol–water partition coefficient (Wildman–Crippen LogP) is 4.69. The van der Waals surface area contributed by atoms with E-state index in [9.17, 15) is 4.79 Å². The van der Waals surface area contributed by atoms with Gasteiger partial charge in [0.2, 0.25) is 5.91 Å². The molecule has 1 aromatic carbocycles. The lowest BCUT2D eigenvalue weighted by Crippen LogP contribution is -2.20. The van der Waals surface area contributed by atoms with Gasteiger partial charge in [0, 0.05) is 16.0 Å². The van der Waals surface area contributed by atoms with Crippen molar-refractivity contribution in [1.29, 1.82) is 0 Å². The molecule has 24 heavy (non-hydrogen) atoms. The third kappa shape index (κ3) is 3.93. The molecule has 0 bridgehead atoms. The third-order valence-electron chi connectivity index (χ3n) is 3.37. The largest absolute Gasteiger partial charge is 0.462 e. The Morgan fingerprint density at radius 2 is 2.17 bits per heavy atom. The van der Waals surface area contributed by atoms with Crippen LogP contribution < -0.4 is 5.32 Å². The van der Waals surface area contributed by atoms with Gasteiger partial charge >= 0.3 is 0 Å². The van der Waals surface area contributed by atoms with E-state index in [1.807, 2.05) is 37.3 Å². The van der Waals surface area contributed by atoms with E-state index in [0.29, 0.717) is 11.6 Å². The average Bonchev–Trinajstić information content (AvgIpc) is 3.22. The minimum absolute atomic E-state index is 0.178. The number of halogens is 1. The maximum absolute atomic E-state index is 12.0. The summed E-state index contributed by atoms with van der Waals surface area (Å²) < 4.78 is 5.35. The first kappa shape index (κ1) is 16.5. The summed E-state index contributed by atoms with van der Waals surface area (Å²) >= 11 is 7.57. The minimum Gasteiger partial charge on any atom is -0.462 e. The fourth-order valence-corrected chi connectivity index (χ4v) is 3.27. The van der Waals surface area contributed by atoms with Crippen molar-refractivity contribution in [3.63, 3.8) is 0 Å². The molecule has 1 N–H and O–H groups in total. The number of thiazole rings is 1. The molecule has 0 saturated carbocycles. The Bertz CT molecular complexity index is 869. The topological polar surface area (TPSA) is 55.1 Å². The fourth-order valence-electron chi connectivity index (χ4n) is 2.10. The molecule has 3 aromatic rings. The number of furan rings is 1. The van der Waals surface area contributed by atoms with Crippen LogP contribution in [0.2, 0.25) is 5.02 Å². The smallest absolute Gasteiger partial charge is 0.244 e. The second-order valence-electron chi connectivity index (χ2n) is 5.08. The van der Waals surface area contributed by atoms with E-state index < -0.39 is 0 Å². The van der Waals surface area contributed by atoms with Crippen molar-refractivity contribution in [2.24, 2.45) is 0 Å². The molecule has 3 rings (SSSR count). The van der Waals surface area contributed by atoms with Crippen LogP contribution in [0.25, 0.3) is 16.8 Å². The summed E-state index contributed by atoms with van der Waals surface area (Å²) in [5.74, 6) is 0.557. The number of amides is 1. The van der Waals surface area contributed by atoms with Crippen molar-refractivity contribution in [1.82, 2.24) is 10.3 Å². The van der Waals surface area contributed by atoms with Gasteiger partial charge in [0.15, 0.2) is 10.8 Å². The molecule has 0 atom stereocenters. The van der Waals surface area contributed by atoms with Gasteiger partial charge in [0.25, 0.3) is 0 Å². The van der Waals surface area contributed by atoms with Gasteiger partial charge in [-0.1, -0.05) is 29.8 Å². The van der Waals surface area contributed by atoms with Crippen molar-refractivity contribution >= 4 is 34.9 Å². The maximum Gasteiger partial charge on any atom is 0.244 e. The van der Waals surface area contributed by atoms with E-state index in [0.717, 1.165) is 26.9 Å². The number of rotatable bonds is 5. The maximum atomic E-state index is 12.0. The monoisotopic (exact) mass is 358 g/mol. The average molecular weight is 359 g/mol. The van der Waals surface area contributed by atoms with E-state index in [1.165, 1.54) is 17.4 Å². The SMILES string of the molecule is Cc1nc(-c2ccco2)sc1CNC(=O)/C=C/c1ccccc1Cl. The Morgan fingerprint density at radius 1 is 1.33 bits per heavy atom. The molecule has 0 aliphatic carbocycles. The van der Waals surface area contributed by atoms with Crippen molar-refractivity contribution in [2.75, 3.05) is 0 Å². The van der Waals surface area contributed by atoms with Gasteiger partial charge in [-0.2, -0.15) is 0 Å². The van der Waals surface area contributed by atoms with E-state index in [4.69, 9.17) is 16.0 Å². The molecule has 6 heteroatoms. The van der Waals surface area contributed by atoms with Crippen LogP contribution in [0.5, 0.6) is 0 Å². The molecule has 4 nitrogen and oxygen atoms in total. The quantitative estimate of drug-likeness (QED) is 0.673. The van der Waals surface area contributed by atoms with Crippen LogP contribution in [0, 0.1) is 6.92 Å². The van der Waals surface area contributed by atoms with E-state index in [1.54, 1.807) is 18.4 Å². The van der Waals surface area contributed by atoms with Crippen molar-refractivity contribution in [3.05, 3.63) is 69.9 Å². The standard InChI is InChI=1S/C18H15ClN2O2S/c1-12-16(24-18(21-12)15-7-4-10-23-15)11-20-17(22)9-8-13-5-2-3-6-14(13)19/h2-10H,11H2,1H3,(H,20,22)/b9-8+. The molecule has 0 saturated heterocycles. The highest BCUT2D eigenvalue weighted by atomic mass is 35.5. The number of hydrogen-bond acceptors (Lipinski definition) is 4. The van der Waals surface area contributed by atoms with Crippen LogP contribution in [0.3, 0.4) is 0 Å². The molecule has 0 spiro atoms. The van der Waals surface area contributed by atoms with Crippen molar-refractivity contribution in [3.8, 4) is 10.8 Å². The zero-order valence-corrected chi connectivity index (χ0v) is 14.5. The Morgan fingerprint density at radius 3 is 2.92 bits per heavy atom. The van der Waals surface area contributed by atoms with Gasteiger partial charge in [0.1, 0.15) is 0 Å². The zero-order valence-electron chi connectivity index (χ0n) is 13.0. The fraction of sp³-hybridized carbons (Fsp3) is 0.111. The predicted molar refractivity (Wildman–Crippen MR) is 96.9 cm³/mol. The summed E-state index contributed by atoms with van der Waals surface area (Å²) in [6.07, 6.45) is 4.80. The molecule has 0 radical (unpaired) electrons. The third-order valence-corrected chi connectivity index (χ3v) is 4.88. The number of nitrogens with zero attached hydrogens (tertiary/aromatic N) is 1. The Balaban J connectivity index is 1.62. The normalized spacial score (nSPS) is 11.1. The zero-order chi connectivity index (χ0) is 16.9.